The van der Waals surface area contributed by atoms with E-state index >= 15 is 0 Å². The molecule has 1 N–H and O–H groups in total. The third-order valence-electron chi connectivity index (χ3n) is 5.35. The third kappa shape index (κ3) is 3.26. The van der Waals surface area contributed by atoms with Gasteiger partial charge in [0.15, 0.2) is 0 Å². The Morgan fingerprint density at radius 1 is 1.29 bits per heavy atom. The third-order valence-corrected chi connectivity index (χ3v) is 5.35. The molecule has 0 heterocycles. The molecule has 0 amide bonds. The predicted octanol–water partition coefficient (Wildman–Crippen LogP) is 3.96. The van der Waals surface area contributed by atoms with Crippen molar-refractivity contribution >= 4 is 0 Å². The first-order chi connectivity index (χ1) is 10.0. The summed E-state index contributed by atoms with van der Waals surface area (Å²) >= 11 is 0. The minimum Gasteiger partial charge on any atom is -0.496 e. The molecule has 0 saturated heterocycles. The number of aryl methyl sites for hydroxylation is 1. The van der Waals surface area contributed by atoms with Gasteiger partial charge in [-0.2, -0.15) is 0 Å². The molecule has 2 unspecified atom stereocenters. The Balaban J connectivity index is 1.80. The molecule has 2 heteroatoms. The summed E-state index contributed by atoms with van der Waals surface area (Å²) in [4.78, 5) is 0. The van der Waals surface area contributed by atoms with Crippen molar-refractivity contribution in [1.82, 2.24) is 5.32 Å². The first-order valence-corrected chi connectivity index (χ1v) is 8.38. The molecule has 0 bridgehead atoms. The van der Waals surface area contributed by atoms with Crippen molar-refractivity contribution in [3.05, 3.63) is 29.3 Å². The molecule has 0 aliphatic heterocycles. The van der Waals surface area contributed by atoms with Gasteiger partial charge in [-0.25, -0.2) is 0 Å². The molecule has 0 radical (unpaired) electrons. The highest BCUT2D eigenvalue weighted by molar-refractivity contribution is 5.38. The van der Waals surface area contributed by atoms with E-state index in [0.717, 1.165) is 30.6 Å². The second-order valence-electron chi connectivity index (χ2n) is 7.69. The standard InChI is InChI=1S/C19H29NO/c1-13(2)20-12-19(9-15-8-16(15)10-19)11-17-7-14(3)5-6-18(17)21-4/h5-7,13,15-16,20H,8-12H2,1-4H3. The first-order valence-electron chi connectivity index (χ1n) is 8.38. The van der Waals surface area contributed by atoms with Gasteiger partial charge in [-0.15, -0.1) is 0 Å². The van der Waals surface area contributed by atoms with Gasteiger partial charge in [0.2, 0.25) is 0 Å². The molecule has 0 spiro atoms. The molecule has 1 aromatic rings. The average Bonchev–Trinajstić information content (AvgIpc) is 3.05. The molecular weight excluding hydrogens is 258 g/mol. The van der Waals surface area contributed by atoms with Crippen LogP contribution in [0.3, 0.4) is 0 Å². The van der Waals surface area contributed by atoms with Crippen molar-refractivity contribution in [2.24, 2.45) is 17.3 Å². The van der Waals surface area contributed by atoms with E-state index in [-0.39, 0.29) is 0 Å². The monoisotopic (exact) mass is 287 g/mol. The summed E-state index contributed by atoms with van der Waals surface area (Å²) in [5, 5.41) is 3.70. The largest absolute Gasteiger partial charge is 0.496 e. The van der Waals surface area contributed by atoms with Crippen molar-refractivity contribution in [2.75, 3.05) is 13.7 Å². The van der Waals surface area contributed by atoms with E-state index in [1.165, 1.54) is 30.4 Å². The van der Waals surface area contributed by atoms with Crippen LogP contribution in [0.4, 0.5) is 0 Å². The second-order valence-corrected chi connectivity index (χ2v) is 7.69. The van der Waals surface area contributed by atoms with Crippen LogP contribution < -0.4 is 10.1 Å². The van der Waals surface area contributed by atoms with Crippen LogP contribution in [0.25, 0.3) is 0 Å². The molecule has 3 rings (SSSR count). The second kappa shape index (κ2) is 5.64. The van der Waals surface area contributed by atoms with Crippen molar-refractivity contribution in [3.8, 4) is 5.75 Å². The molecule has 2 aliphatic rings. The maximum absolute atomic E-state index is 5.60. The van der Waals surface area contributed by atoms with E-state index in [0.29, 0.717) is 11.5 Å². The highest BCUT2D eigenvalue weighted by Crippen LogP contribution is 2.60. The number of nitrogens with one attached hydrogen (secondary N) is 1. The smallest absolute Gasteiger partial charge is 0.122 e. The van der Waals surface area contributed by atoms with E-state index in [4.69, 9.17) is 4.74 Å². The van der Waals surface area contributed by atoms with Gasteiger partial charge in [0.25, 0.3) is 0 Å². The molecule has 2 fully saturated rings. The van der Waals surface area contributed by atoms with Crippen LogP contribution in [-0.2, 0) is 6.42 Å². The van der Waals surface area contributed by atoms with Crippen molar-refractivity contribution in [1.29, 1.82) is 0 Å². The molecule has 2 saturated carbocycles. The Hall–Kier alpha value is -1.02. The lowest BCUT2D eigenvalue weighted by atomic mass is 9.77. The highest BCUT2D eigenvalue weighted by Gasteiger charge is 2.53. The van der Waals surface area contributed by atoms with Crippen LogP contribution in [-0.4, -0.2) is 19.7 Å². The Morgan fingerprint density at radius 3 is 2.62 bits per heavy atom. The quantitative estimate of drug-likeness (QED) is 0.855. The Bertz CT molecular complexity index is 498. The van der Waals surface area contributed by atoms with Crippen molar-refractivity contribution < 1.29 is 4.74 Å². The van der Waals surface area contributed by atoms with Crippen LogP contribution >= 0.6 is 0 Å². The fourth-order valence-corrected chi connectivity index (χ4v) is 4.23. The lowest BCUT2D eigenvalue weighted by Crippen LogP contribution is -2.38. The highest BCUT2D eigenvalue weighted by atomic mass is 16.5. The summed E-state index contributed by atoms with van der Waals surface area (Å²) < 4.78 is 5.60. The maximum Gasteiger partial charge on any atom is 0.122 e. The number of rotatable bonds is 6. The van der Waals surface area contributed by atoms with Crippen LogP contribution in [0.2, 0.25) is 0 Å². The lowest BCUT2D eigenvalue weighted by Gasteiger charge is -2.33. The van der Waals surface area contributed by atoms with Gasteiger partial charge >= 0.3 is 0 Å². The van der Waals surface area contributed by atoms with Gasteiger partial charge in [-0.3, -0.25) is 0 Å². The van der Waals surface area contributed by atoms with E-state index in [9.17, 15) is 0 Å². The zero-order valence-electron chi connectivity index (χ0n) is 13.9. The molecule has 0 aromatic heterocycles. The molecule has 2 nitrogen and oxygen atoms in total. The normalized spacial score (nSPS) is 30.5. The van der Waals surface area contributed by atoms with Crippen molar-refractivity contribution in [3.63, 3.8) is 0 Å². The van der Waals surface area contributed by atoms with E-state index < -0.39 is 0 Å². The number of hydrogen-bond donors (Lipinski definition) is 1. The average molecular weight is 287 g/mol. The zero-order valence-corrected chi connectivity index (χ0v) is 13.9. The van der Waals surface area contributed by atoms with Crippen LogP contribution in [0.15, 0.2) is 18.2 Å². The summed E-state index contributed by atoms with van der Waals surface area (Å²) in [6.45, 7) is 7.82. The van der Waals surface area contributed by atoms with E-state index in [1.54, 1.807) is 7.11 Å². The van der Waals surface area contributed by atoms with Gasteiger partial charge in [0.1, 0.15) is 5.75 Å². The van der Waals surface area contributed by atoms with Crippen LogP contribution in [0, 0.1) is 24.2 Å². The van der Waals surface area contributed by atoms with Crippen LogP contribution in [0.5, 0.6) is 5.75 Å². The van der Waals surface area contributed by atoms with Gasteiger partial charge in [-0.1, -0.05) is 31.5 Å². The number of hydrogen-bond acceptors (Lipinski definition) is 2. The number of ether oxygens (including phenoxy) is 1. The number of methoxy groups -OCH3 is 1. The van der Waals surface area contributed by atoms with Gasteiger partial charge in [-0.05, 0) is 61.5 Å². The lowest BCUT2D eigenvalue weighted by molar-refractivity contribution is 0.238. The van der Waals surface area contributed by atoms with Gasteiger partial charge < -0.3 is 10.1 Å². The van der Waals surface area contributed by atoms with Crippen molar-refractivity contribution in [2.45, 2.75) is 52.5 Å². The fraction of sp³-hybridized carbons (Fsp3) is 0.684. The fourth-order valence-electron chi connectivity index (χ4n) is 4.23. The first kappa shape index (κ1) is 14.9. The summed E-state index contributed by atoms with van der Waals surface area (Å²) in [6.07, 6.45) is 5.43. The van der Waals surface area contributed by atoms with Gasteiger partial charge in [0, 0.05) is 12.6 Å². The Morgan fingerprint density at radius 2 is 2.00 bits per heavy atom. The topological polar surface area (TPSA) is 21.3 Å². The molecule has 2 aliphatic carbocycles. The van der Waals surface area contributed by atoms with E-state index in [2.05, 4.69) is 44.3 Å². The Labute approximate surface area is 129 Å². The molecule has 21 heavy (non-hydrogen) atoms. The summed E-state index contributed by atoms with van der Waals surface area (Å²) in [5.74, 6) is 3.08. The molecular formula is C19H29NO. The zero-order chi connectivity index (χ0) is 15.0. The van der Waals surface area contributed by atoms with Crippen LogP contribution in [0.1, 0.15) is 44.2 Å². The summed E-state index contributed by atoms with van der Waals surface area (Å²) in [7, 11) is 1.79. The minimum absolute atomic E-state index is 0.443. The maximum atomic E-state index is 5.60. The van der Waals surface area contributed by atoms with E-state index in [1.807, 2.05) is 0 Å². The molecule has 116 valence electrons. The molecule has 2 atom stereocenters. The SMILES string of the molecule is COc1ccc(C)cc1CC1(CNC(C)C)CC2CC2C1. The minimum atomic E-state index is 0.443. The number of fused-ring (bicyclic) bond motifs is 1. The summed E-state index contributed by atoms with van der Waals surface area (Å²) in [5.41, 5.74) is 3.17. The predicted molar refractivity (Wildman–Crippen MR) is 87.8 cm³/mol. The molecule has 1 aromatic carbocycles. The number of benzene rings is 1. The van der Waals surface area contributed by atoms with Gasteiger partial charge in [0.05, 0.1) is 7.11 Å². The summed E-state index contributed by atoms with van der Waals surface area (Å²) in [6, 6.07) is 7.16. The Kier molecular flexibility index (Phi) is 4.00.